The van der Waals surface area contributed by atoms with Crippen molar-refractivity contribution in [1.29, 1.82) is 0 Å². The molecule has 0 radical (unpaired) electrons. The van der Waals surface area contributed by atoms with Crippen LogP contribution in [-0.4, -0.2) is 75.7 Å². The molecule has 1 fully saturated rings. The lowest BCUT2D eigenvalue weighted by Crippen LogP contribution is -2.56. The molecule has 1 saturated heterocycles. The third-order valence-electron chi connectivity index (χ3n) is 7.61. The van der Waals surface area contributed by atoms with Crippen LogP contribution in [0.5, 0.6) is 11.5 Å². The van der Waals surface area contributed by atoms with Gasteiger partial charge < -0.3 is 30.9 Å². The highest BCUT2D eigenvalue weighted by molar-refractivity contribution is 7.89. The molecule has 12 nitrogen and oxygen atoms in total. The maximum atomic E-state index is 13.9. The number of carbonyl (C=O) groups excluding carboxylic acids is 1. The minimum absolute atomic E-state index is 0.0448. The van der Waals surface area contributed by atoms with E-state index in [9.17, 15) is 23.1 Å². The summed E-state index contributed by atoms with van der Waals surface area (Å²) in [6.07, 6.45) is 1.10. The fraction of sp³-hybridized carbons (Fsp3) is 0.367. The molecule has 1 heterocycles. The number of ether oxygens (including phenoxy) is 2. The van der Waals surface area contributed by atoms with Gasteiger partial charge in [-0.1, -0.05) is 36.4 Å². The van der Waals surface area contributed by atoms with Crippen LogP contribution < -0.4 is 25.7 Å². The molecule has 3 aromatic carbocycles. The lowest BCUT2D eigenvalue weighted by atomic mass is 9.85. The number of carboxylic acid groups (broad SMARTS) is 1. The number of amides is 1. The molecular formula is C30H37N5O7S. The first-order chi connectivity index (χ1) is 20.5. The summed E-state index contributed by atoms with van der Waals surface area (Å²) in [6.45, 7) is 0.336. The Hall–Kier alpha value is -4.36. The number of piperidine rings is 1. The van der Waals surface area contributed by atoms with E-state index in [0.29, 0.717) is 23.3 Å². The van der Waals surface area contributed by atoms with Crippen LogP contribution in [-0.2, 0) is 19.6 Å². The van der Waals surface area contributed by atoms with Gasteiger partial charge in [0.15, 0.2) is 17.5 Å². The Morgan fingerprint density at radius 2 is 1.72 bits per heavy atom. The summed E-state index contributed by atoms with van der Waals surface area (Å²) in [5, 5.41) is 11.4. The van der Waals surface area contributed by atoms with Crippen LogP contribution in [0.1, 0.15) is 37.2 Å². The zero-order valence-electron chi connectivity index (χ0n) is 24.1. The summed E-state index contributed by atoms with van der Waals surface area (Å²) >= 11 is 0. The standard InChI is InChI=1S/C30H37N5O7S/c1-41-26-17-20-10-11-23(15-22(20)18-27(26)42-2)43(39,40)34-24(9-6-13-33-30(31)32)28(36)35-14-12-21(16-25(35)29(37)38)19-7-4-3-5-8-19/h3-5,7-8,10-11,15,17-18,21,24-25,34H,6,9,12-14,16H2,1-2H3,(H,37,38)(H4,31,32,33). The van der Waals surface area contributed by atoms with Crippen molar-refractivity contribution in [2.45, 2.75) is 48.6 Å². The molecule has 0 aliphatic carbocycles. The summed E-state index contributed by atoms with van der Waals surface area (Å²) in [4.78, 5) is 31.4. The van der Waals surface area contributed by atoms with Crippen LogP contribution in [0.3, 0.4) is 0 Å². The average Bonchev–Trinajstić information content (AvgIpc) is 3.01. The molecule has 3 aromatic rings. The van der Waals surface area contributed by atoms with E-state index in [4.69, 9.17) is 20.9 Å². The molecule has 13 heteroatoms. The maximum absolute atomic E-state index is 13.9. The number of aliphatic carboxylic acids is 1. The number of sulfonamides is 1. The van der Waals surface area contributed by atoms with E-state index >= 15 is 0 Å². The Morgan fingerprint density at radius 1 is 1.05 bits per heavy atom. The van der Waals surface area contributed by atoms with Crippen molar-refractivity contribution >= 4 is 38.6 Å². The predicted octanol–water partition coefficient (Wildman–Crippen LogP) is 2.42. The number of nitrogens with two attached hydrogens (primary N) is 2. The number of nitrogens with zero attached hydrogens (tertiary/aromatic N) is 2. The summed E-state index contributed by atoms with van der Waals surface area (Å²) in [7, 11) is -1.22. The second-order valence-corrected chi connectivity index (χ2v) is 12.1. The van der Waals surface area contributed by atoms with E-state index in [0.717, 1.165) is 10.9 Å². The number of carboxylic acids is 1. The average molecular weight is 612 g/mol. The van der Waals surface area contributed by atoms with Gasteiger partial charge in [-0.25, -0.2) is 13.2 Å². The second-order valence-electron chi connectivity index (χ2n) is 10.4. The minimum Gasteiger partial charge on any atom is -0.493 e. The third kappa shape index (κ3) is 7.54. The van der Waals surface area contributed by atoms with Gasteiger partial charge in [-0.05, 0) is 72.2 Å². The van der Waals surface area contributed by atoms with Gasteiger partial charge in [0.25, 0.3) is 0 Å². The fourth-order valence-corrected chi connectivity index (χ4v) is 6.66. The molecule has 230 valence electrons. The third-order valence-corrected chi connectivity index (χ3v) is 9.08. The number of carbonyl (C=O) groups is 2. The zero-order chi connectivity index (χ0) is 31.1. The number of methoxy groups -OCH3 is 2. The van der Waals surface area contributed by atoms with Crippen molar-refractivity contribution in [1.82, 2.24) is 9.62 Å². The van der Waals surface area contributed by atoms with Crippen LogP contribution in [0.25, 0.3) is 10.8 Å². The number of aliphatic imine (C=N–C) groups is 1. The highest BCUT2D eigenvalue weighted by atomic mass is 32.2. The number of likely N-dealkylation sites (tertiary alicyclic amines) is 1. The first kappa shape index (κ1) is 31.6. The summed E-state index contributed by atoms with van der Waals surface area (Å²) in [6, 6.07) is 15.2. The Morgan fingerprint density at radius 3 is 2.35 bits per heavy atom. The van der Waals surface area contributed by atoms with Gasteiger partial charge in [-0.15, -0.1) is 0 Å². The van der Waals surface area contributed by atoms with Gasteiger partial charge in [-0.2, -0.15) is 4.72 Å². The number of hydrogen-bond acceptors (Lipinski definition) is 7. The molecule has 1 aliphatic rings. The number of hydrogen-bond donors (Lipinski definition) is 4. The lowest BCUT2D eigenvalue weighted by molar-refractivity contribution is -0.153. The van der Waals surface area contributed by atoms with Gasteiger partial charge >= 0.3 is 5.97 Å². The monoisotopic (exact) mass is 611 g/mol. The zero-order valence-corrected chi connectivity index (χ0v) is 24.9. The molecular weight excluding hydrogens is 574 g/mol. The van der Waals surface area contributed by atoms with Gasteiger partial charge in [0, 0.05) is 13.1 Å². The van der Waals surface area contributed by atoms with Crippen LogP contribution in [0, 0.1) is 0 Å². The lowest BCUT2D eigenvalue weighted by Gasteiger charge is -2.39. The molecule has 3 unspecified atom stereocenters. The SMILES string of the molecule is COc1cc2ccc(S(=O)(=O)NC(CCCN=C(N)N)C(=O)N3CCC(c4ccccc4)CC3C(=O)O)cc2cc1OC. The Balaban J connectivity index is 1.61. The normalized spacial score (nSPS) is 17.7. The van der Waals surface area contributed by atoms with Crippen molar-refractivity contribution in [3.8, 4) is 11.5 Å². The fourth-order valence-electron chi connectivity index (χ4n) is 5.40. The molecule has 3 atom stereocenters. The summed E-state index contributed by atoms with van der Waals surface area (Å²) in [5.41, 5.74) is 11.8. The number of fused-ring (bicyclic) bond motifs is 1. The van der Waals surface area contributed by atoms with E-state index in [1.807, 2.05) is 30.3 Å². The smallest absolute Gasteiger partial charge is 0.326 e. The number of rotatable bonds is 12. The summed E-state index contributed by atoms with van der Waals surface area (Å²) in [5.74, 6) is -0.991. The Bertz CT molecular complexity index is 1590. The van der Waals surface area contributed by atoms with Gasteiger partial charge in [0.05, 0.1) is 19.1 Å². The van der Waals surface area contributed by atoms with Crippen molar-refractivity contribution in [3.05, 3.63) is 66.2 Å². The molecule has 4 rings (SSSR count). The van der Waals surface area contributed by atoms with Crippen LogP contribution in [0.2, 0.25) is 0 Å². The van der Waals surface area contributed by atoms with Crippen molar-refractivity contribution < 1.29 is 32.6 Å². The van der Waals surface area contributed by atoms with E-state index in [1.165, 1.54) is 31.3 Å². The van der Waals surface area contributed by atoms with Gasteiger partial charge in [0.1, 0.15) is 12.1 Å². The molecule has 0 spiro atoms. The van der Waals surface area contributed by atoms with Crippen molar-refractivity contribution in [2.75, 3.05) is 27.3 Å². The van der Waals surface area contributed by atoms with E-state index in [2.05, 4.69) is 9.71 Å². The minimum atomic E-state index is -4.22. The van der Waals surface area contributed by atoms with E-state index in [1.54, 1.807) is 18.2 Å². The number of nitrogens with one attached hydrogen (secondary N) is 1. The van der Waals surface area contributed by atoms with Crippen molar-refractivity contribution in [3.63, 3.8) is 0 Å². The predicted molar refractivity (Wildman–Crippen MR) is 163 cm³/mol. The molecule has 6 N–H and O–H groups in total. The van der Waals surface area contributed by atoms with E-state index in [-0.39, 0.29) is 49.1 Å². The molecule has 0 aromatic heterocycles. The molecule has 43 heavy (non-hydrogen) atoms. The van der Waals surface area contributed by atoms with E-state index < -0.39 is 34.0 Å². The molecule has 1 aliphatic heterocycles. The van der Waals surface area contributed by atoms with Crippen LogP contribution in [0.4, 0.5) is 0 Å². The number of benzene rings is 3. The molecule has 1 amide bonds. The van der Waals surface area contributed by atoms with Gasteiger partial charge in [0.2, 0.25) is 15.9 Å². The highest BCUT2D eigenvalue weighted by Gasteiger charge is 2.40. The topological polar surface area (TPSA) is 187 Å². The summed E-state index contributed by atoms with van der Waals surface area (Å²) < 4.78 is 40.5. The van der Waals surface area contributed by atoms with Crippen LogP contribution in [0.15, 0.2) is 70.6 Å². The van der Waals surface area contributed by atoms with Gasteiger partial charge in [-0.3, -0.25) is 9.79 Å². The number of guanidine groups is 1. The first-order valence-corrected chi connectivity index (χ1v) is 15.3. The Kier molecular flexibility index (Phi) is 10.1. The highest BCUT2D eigenvalue weighted by Crippen LogP contribution is 2.34. The second kappa shape index (κ2) is 13.7. The maximum Gasteiger partial charge on any atom is 0.326 e. The quantitative estimate of drug-likeness (QED) is 0.136. The first-order valence-electron chi connectivity index (χ1n) is 13.9. The molecule has 0 bridgehead atoms. The van der Waals surface area contributed by atoms with Crippen molar-refractivity contribution in [2.24, 2.45) is 16.5 Å². The largest absolute Gasteiger partial charge is 0.493 e. The molecule has 0 saturated carbocycles. The Labute approximate surface area is 250 Å². The van der Waals surface area contributed by atoms with Crippen LogP contribution >= 0.6 is 0 Å².